The minimum atomic E-state index is -0.561. The Morgan fingerprint density at radius 2 is 2.14 bits per heavy atom. The van der Waals surface area contributed by atoms with Crippen molar-refractivity contribution >= 4 is 11.9 Å². The molecule has 0 amide bonds. The van der Waals surface area contributed by atoms with Gasteiger partial charge in [0.1, 0.15) is 0 Å². The average Bonchev–Trinajstić information content (AvgIpc) is 2.42. The molecule has 1 saturated carbocycles. The van der Waals surface area contributed by atoms with E-state index < -0.39 is 5.41 Å². The molecule has 3 aliphatic carbocycles. The lowest BCUT2D eigenvalue weighted by Gasteiger charge is -2.44. The van der Waals surface area contributed by atoms with Crippen molar-refractivity contribution in [1.29, 1.82) is 0 Å². The highest BCUT2D eigenvalue weighted by molar-refractivity contribution is 6.00. The normalized spacial score (nSPS) is 49.4. The maximum atomic E-state index is 11.7. The van der Waals surface area contributed by atoms with E-state index in [1.54, 1.807) is 0 Å². The molecule has 1 aliphatic heterocycles. The SMILES string of the molecule is C[C@@]12C(=O)OC(=O)[C@H]1[C@H]1C=C[C@H]2CC1. The van der Waals surface area contributed by atoms with E-state index in [1.807, 2.05) is 6.92 Å². The predicted molar refractivity (Wildman–Crippen MR) is 48.1 cm³/mol. The minimum Gasteiger partial charge on any atom is -0.392 e. The van der Waals surface area contributed by atoms with E-state index >= 15 is 0 Å². The van der Waals surface area contributed by atoms with Crippen LogP contribution in [0.25, 0.3) is 0 Å². The fourth-order valence-electron chi connectivity index (χ4n) is 3.26. The van der Waals surface area contributed by atoms with E-state index in [9.17, 15) is 9.59 Å². The summed E-state index contributed by atoms with van der Waals surface area (Å²) >= 11 is 0. The smallest absolute Gasteiger partial charge is 0.320 e. The Morgan fingerprint density at radius 3 is 2.71 bits per heavy atom. The second kappa shape index (κ2) is 2.27. The van der Waals surface area contributed by atoms with Crippen molar-refractivity contribution in [2.45, 2.75) is 19.8 Å². The maximum Gasteiger partial charge on any atom is 0.320 e. The molecule has 0 spiro atoms. The lowest BCUT2D eigenvalue weighted by Crippen LogP contribution is -2.47. The number of carbonyl (C=O) groups excluding carboxylic acids is 2. The first kappa shape index (κ1) is 8.21. The molecule has 74 valence electrons. The third-order valence-electron chi connectivity index (χ3n) is 4.13. The fraction of sp³-hybridized carbons (Fsp3) is 0.636. The largest absolute Gasteiger partial charge is 0.392 e. The van der Waals surface area contributed by atoms with Crippen LogP contribution >= 0.6 is 0 Å². The lowest BCUT2D eigenvalue weighted by atomic mass is 9.55. The van der Waals surface area contributed by atoms with Crippen LogP contribution in [0.5, 0.6) is 0 Å². The zero-order chi connectivity index (χ0) is 9.92. The van der Waals surface area contributed by atoms with Gasteiger partial charge in [0, 0.05) is 0 Å². The van der Waals surface area contributed by atoms with Crippen LogP contribution < -0.4 is 0 Å². The zero-order valence-corrected chi connectivity index (χ0v) is 8.03. The third kappa shape index (κ3) is 0.703. The van der Waals surface area contributed by atoms with Crippen LogP contribution in [0.4, 0.5) is 0 Å². The molecule has 1 heterocycles. The first-order valence-corrected chi connectivity index (χ1v) is 5.08. The molecule has 14 heavy (non-hydrogen) atoms. The van der Waals surface area contributed by atoms with E-state index in [2.05, 4.69) is 12.2 Å². The number of rotatable bonds is 0. The summed E-state index contributed by atoms with van der Waals surface area (Å²) in [6, 6.07) is 0. The summed E-state index contributed by atoms with van der Waals surface area (Å²) in [5, 5.41) is 0. The number of allylic oxidation sites excluding steroid dienone is 2. The second-order valence-electron chi connectivity index (χ2n) is 4.70. The van der Waals surface area contributed by atoms with Crippen molar-refractivity contribution < 1.29 is 14.3 Å². The summed E-state index contributed by atoms with van der Waals surface area (Å²) < 4.78 is 4.77. The van der Waals surface area contributed by atoms with Gasteiger partial charge in [0.05, 0.1) is 11.3 Å². The van der Waals surface area contributed by atoms with Gasteiger partial charge < -0.3 is 4.74 Å². The number of hydrogen-bond acceptors (Lipinski definition) is 3. The van der Waals surface area contributed by atoms with Crippen LogP contribution in [0.3, 0.4) is 0 Å². The zero-order valence-electron chi connectivity index (χ0n) is 8.03. The van der Waals surface area contributed by atoms with Gasteiger partial charge in [-0.05, 0) is 31.6 Å². The van der Waals surface area contributed by atoms with Gasteiger partial charge in [-0.1, -0.05) is 12.2 Å². The molecular formula is C11H12O3. The number of carbonyl (C=O) groups is 2. The summed E-state index contributed by atoms with van der Waals surface area (Å²) in [6.45, 7) is 1.88. The van der Waals surface area contributed by atoms with Crippen LogP contribution in [-0.2, 0) is 14.3 Å². The lowest BCUT2D eigenvalue weighted by molar-refractivity contribution is -0.155. The van der Waals surface area contributed by atoms with Crippen molar-refractivity contribution in [1.82, 2.24) is 0 Å². The van der Waals surface area contributed by atoms with E-state index in [-0.39, 0.29) is 29.7 Å². The van der Waals surface area contributed by atoms with Gasteiger partial charge in [0.25, 0.3) is 0 Å². The van der Waals surface area contributed by atoms with Crippen LogP contribution in [0.2, 0.25) is 0 Å². The average molecular weight is 192 g/mol. The number of esters is 2. The fourth-order valence-corrected chi connectivity index (χ4v) is 3.26. The Kier molecular flexibility index (Phi) is 1.33. The van der Waals surface area contributed by atoms with Crippen molar-refractivity contribution in [2.75, 3.05) is 0 Å². The summed E-state index contributed by atoms with van der Waals surface area (Å²) in [7, 11) is 0. The molecule has 0 aromatic carbocycles. The quantitative estimate of drug-likeness (QED) is 0.330. The molecule has 3 heteroatoms. The summed E-state index contributed by atoms with van der Waals surface area (Å²) in [6.07, 6.45) is 6.20. The molecule has 0 aromatic heterocycles. The predicted octanol–water partition coefficient (Wildman–Crippen LogP) is 1.29. The van der Waals surface area contributed by atoms with Crippen molar-refractivity contribution in [3.63, 3.8) is 0 Å². The monoisotopic (exact) mass is 192 g/mol. The topological polar surface area (TPSA) is 43.4 Å². The first-order valence-electron chi connectivity index (χ1n) is 5.08. The molecule has 4 rings (SSSR count). The molecule has 0 unspecified atom stereocenters. The maximum absolute atomic E-state index is 11.7. The first-order chi connectivity index (χ1) is 6.64. The summed E-state index contributed by atoms with van der Waals surface area (Å²) in [5.74, 6) is -0.401. The summed E-state index contributed by atoms with van der Waals surface area (Å²) in [4.78, 5) is 23.2. The van der Waals surface area contributed by atoms with E-state index in [0.29, 0.717) is 0 Å². The molecule has 4 atom stereocenters. The number of hydrogen-bond donors (Lipinski definition) is 0. The van der Waals surface area contributed by atoms with Crippen LogP contribution in [0.15, 0.2) is 12.2 Å². The number of ether oxygens (including phenoxy) is 1. The molecule has 2 bridgehead atoms. The molecule has 0 N–H and O–H groups in total. The Labute approximate surface area is 82.1 Å². The molecule has 0 aromatic rings. The van der Waals surface area contributed by atoms with Gasteiger partial charge in [-0.25, -0.2) is 0 Å². The Morgan fingerprint density at radius 1 is 1.36 bits per heavy atom. The molecular weight excluding hydrogens is 180 g/mol. The minimum absolute atomic E-state index is 0.205. The van der Waals surface area contributed by atoms with Crippen molar-refractivity contribution in [3.8, 4) is 0 Å². The van der Waals surface area contributed by atoms with E-state index in [1.165, 1.54) is 0 Å². The van der Waals surface area contributed by atoms with E-state index in [0.717, 1.165) is 12.8 Å². The number of fused-ring (bicyclic) bond motifs is 1. The van der Waals surface area contributed by atoms with Gasteiger partial charge in [-0.15, -0.1) is 0 Å². The molecule has 2 fully saturated rings. The van der Waals surface area contributed by atoms with E-state index in [4.69, 9.17) is 4.74 Å². The molecule has 4 aliphatic rings. The highest BCUT2D eigenvalue weighted by Crippen LogP contribution is 2.56. The van der Waals surface area contributed by atoms with Crippen molar-refractivity contribution in [2.24, 2.45) is 23.2 Å². The number of cyclic esters (lactones) is 2. The van der Waals surface area contributed by atoms with Crippen LogP contribution in [-0.4, -0.2) is 11.9 Å². The van der Waals surface area contributed by atoms with Gasteiger partial charge >= 0.3 is 11.9 Å². The van der Waals surface area contributed by atoms with Crippen LogP contribution in [0.1, 0.15) is 19.8 Å². The summed E-state index contributed by atoms with van der Waals surface area (Å²) in [5.41, 5.74) is -0.561. The molecule has 3 nitrogen and oxygen atoms in total. The Hall–Kier alpha value is -1.12. The van der Waals surface area contributed by atoms with Gasteiger partial charge in [0.15, 0.2) is 0 Å². The third-order valence-corrected chi connectivity index (χ3v) is 4.13. The van der Waals surface area contributed by atoms with Crippen molar-refractivity contribution in [3.05, 3.63) is 12.2 Å². The standard InChI is InChI=1S/C11H12O3/c1-11-7-4-2-6(3-5-7)8(11)9(12)14-10(11)13/h2,4,6-8H,3,5H2,1H3/t6-,7-,8+,11-/m0/s1. The van der Waals surface area contributed by atoms with Gasteiger partial charge in [-0.2, -0.15) is 0 Å². The Bertz CT molecular complexity index is 358. The Balaban J connectivity index is 2.16. The van der Waals surface area contributed by atoms with Crippen LogP contribution in [0, 0.1) is 23.2 Å². The second-order valence-corrected chi connectivity index (χ2v) is 4.70. The highest BCUT2D eigenvalue weighted by atomic mass is 16.6. The van der Waals surface area contributed by atoms with Gasteiger partial charge in [0.2, 0.25) is 0 Å². The highest BCUT2D eigenvalue weighted by Gasteiger charge is 2.63. The van der Waals surface area contributed by atoms with Gasteiger partial charge in [-0.3, -0.25) is 9.59 Å². The molecule has 1 saturated heterocycles. The molecule has 0 radical (unpaired) electrons.